The van der Waals surface area contributed by atoms with Gasteiger partial charge in [-0.2, -0.15) is 0 Å². The standard InChI is InChI=1S/C15H23NO3/c1-5-15(4,10-17)16-13(18)9-19-14-11(2)7-6-8-12(14)3/h6-8,17H,5,9-10H2,1-4H3,(H,16,18). The number of aryl methyl sites for hydroxylation is 2. The van der Waals surface area contributed by atoms with Crippen molar-refractivity contribution in [3.63, 3.8) is 0 Å². The highest BCUT2D eigenvalue weighted by molar-refractivity contribution is 5.78. The molecule has 2 N–H and O–H groups in total. The number of hydrogen-bond donors (Lipinski definition) is 2. The summed E-state index contributed by atoms with van der Waals surface area (Å²) in [6, 6.07) is 5.85. The Labute approximate surface area is 114 Å². The van der Waals surface area contributed by atoms with Crippen molar-refractivity contribution < 1.29 is 14.6 Å². The number of rotatable bonds is 6. The zero-order valence-corrected chi connectivity index (χ0v) is 12.1. The van der Waals surface area contributed by atoms with Crippen LogP contribution in [0.5, 0.6) is 5.75 Å². The van der Waals surface area contributed by atoms with E-state index in [9.17, 15) is 9.90 Å². The number of aliphatic hydroxyl groups is 1. The van der Waals surface area contributed by atoms with E-state index < -0.39 is 5.54 Å². The first-order chi connectivity index (χ1) is 8.91. The zero-order valence-electron chi connectivity index (χ0n) is 12.1. The van der Waals surface area contributed by atoms with Crippen LogP contribution in [-0.2, 0) is 4.79 Å². The Bertz CT molecular complexity index is 419. The highest BCUT2D eigenvalue weighted by Gasteiger charge is 2.23. The highest BCUT2D eigenvalue weighted by atomic mass is 16.5. The zero-order chi connectivity index (χ0) is 14.5. The first kappa shape index (κ1) is 15.5. The van der Waals surface area contributed by atoms with Gasteiger partial charge in [0.1, 0.15) is 5.75 Å². The number of nitrogens with one attached hydrogen (secondary N) is 1. The summed E-state index contributed by atoms with van der Waals surface area (Å²) in [6.07, 6.45) is 0.665. The number of amides is 1. The van der Waals surface area contributed by atoms with E-state index in [4.69, 9.17) is 4.74 Å². The molecule has 0 aromatic heterocycles. The third kappa shape index (κ3) is 4.24. The van der Waals surface area contributed by atoms with Crippen molar-refractivity contribution in [3.8, 4) is 5.75 Å². The largest absolute Gasteiger partial charge is 0.483 e. The predicted octanol–water partition coefficient (Wildman–Crippen LogP) is 1.96. The van der Waals surface area contributed by atoms with Gasteiger partial charge in [-0.15, -0.1) is 0 Å². The normalized spacial score (nSPS) is 13.7. The number of hydrogen-bond acceptors (Lipinski definition) is 3. The van der Waals surface area contributed by atoms with Gasteiger partial charge in [0.05, 0.1) is 12.1 Å². The van der Waals surface area contributed by atoms with E-state index in [0.717, 1.165) is 16.9 Å². The molecule has 0 heterocycles. The molecule has 0 aliphatic heterocycles. The first-order valence-corrected chi connectivity index (χ1v) is 6.52. The van der Waals surface area contributed by atoms with Crippen molar-refractivity contribution in [3.05, 3.63) is 29.3 Å². The van der Waals surface area contributed by atoms with Gasteiger partial charge in [0.25, 0.3) is 5.91 Å². The second kappa shape index (κ2) is 6.57. The molecular formula is C15H23NO3. The average Bonchev–Trinajstić information content (AvgIpc) is 2.38. The Balaban J connectivity index is 2.60. The SMILES string of the molecule is CCC(C)(CO)NC(=O)COc1c(C)cccc1C. The summed E-state index contributed by atoms with van der Waals surface area (Å²) in [5, 5.41) is 12.0. The summed E-state index contributed by atoms with van der Waals surface area (Å²) in [6.45, 7) is 7.50. The summed E-state index contributed by atoms with van der Waals surface area (Å²) >= 11 is 0. The summed E-state index contributed by atoms with van der Waals surface area (Å²) in [5.74, 6) is 0.529. The molecule has 19 heavy (non-hydrogen) atoms. The quantitative estimate of drug-likeness (QED) is 0.826. The Morgan fingerprint density at radius 1 is 1.37 bits per heavy atom. The Kier molecular flexibility index (Phi) is 5.36. The van der Waals surface area contributed by atoms with Crippen molar-refractivity contribution in [1.82, 2.24) is 5.32 Å². The molecule has 1 unspecified atom stereocenters. The monoisotopic (exact) mass is 265 g/mol. The van der Waals surface area contributed by atoms with Crippen LogP contribution in [0.4, 0.5) is 0 Å². The molecule has 0 aliphatic carbocycles. The van der Waals surface area contributed by atoms with E-state index >= 15 is 0 Å². The van der Waals surface area contributed by atoms with Crippen LogP contribution in [0.2, 0.25) is 0 Å². The molecule has 0 spiro atoms. The first-order valence-electron chi connectivity index (χ1n) is 6.52. The van der Waals surface area contributed by atoms with Crippen molar-refractivity contribution in [1.29, 1.82) is 0 Å². The maximum Gasteiger partial charge on any atom is 0.258 e. The van der Waals surface area contributed by atoms with Crippen LogP contribution in [0.15, 0.2) is 18.2 Å². The maximum atomic E-state index is 11.8. The lowest BCUT2D eigenvalue weighted by Gasteiger charge is -2.27. The highest BCUT2D eigenvalue weighted by Crippen LogP contribution is 2.22. The summed E-state index contributed by atoms with van der Waals surface area (Å²) in [4.78, 5) is 11.8. The van der Waals surface area contributed by atoms with Crippen molar-refractivity contribution >= 4 is 5.91 Å². The second-order valence-corrected chi connectivity index (χ2v) is 5.13. The summed E-state index contributed by atoms with van der Waals surface area (Å²) < 4.78 is 5.57. The maximum absolute atomic E-state index is 11.8. The fourth-order valence-electron chi connectivity index (χ4n) is 1.78. The van der Waals surface area contributed by atoms with Gasteiger partial charge >= 0.3 is 0 Å². The third-order valence-electron chi connectivity index (χ3n) is 3.33. The molecule has 0 aliphatic rings. The van der Waals surface area contributed by atoms with Crippen molar-refractivity contribution in [2.75, 3.05) is 13.2 Å². The number of para-hydroxylation sites is 1. The molecule has 1 aromatic carbocycles. The Hall–Kier alpha value is -1.55. The molecule has 0 saturated heterocycles. The van der Waals surface area contributed by atoms with Gasteiger partial charge in [-0.05, 0) is 38.3 Å². The lowest BCUT2D eigenvalue weighted by atomic mass is 10.0. The van der Waals surface area contributed by atoms with Crippen molar-refractivity contribution in [2.24, 2.45) is 0 Å². The van der Waals surface area contributed by atoms with Gasteiger partial charge in [-0.3, -0.25) is 4.79 Å². The van der Waals surface area contributed by atoms with Gasteiger partial charge < -0.3 is 15.2 Å². The fraction of sp³-hybridized carbons (Fsp3) is 0.533. The minimum Gasteiger partial charge on any atom is -0.483 e. The van der Waals surface area contributed by atoms with E-state index in [1.807, 2.05) is 45.9 Å². The Morgan fingerprint density at radius 2 is 1.95 bits per heavy atom. The van der Waals surface area contributed by atoms with Crippen LogP contribution in [-0.4, -0.2) is 29.8 Å². The van der Waals surface area contributed by atoms with Crippen molar-refractivity contribution in [2.45, 2.75) is 39.7 Å². The second-order valence-electron chi connectivity index (χ2n) is 5.13. The Morgan fingerprint density at radius 3 is 2.42 bits per heavy atom. The van der Waals surface area contributed by atoms with Gasteiger partial charge in [-0.1, -0.05) is 25.1 Å². The molecule has 0 radical (unpaired) electrons. The average molecular weight is 265 g/mol. The number of benzene rings is 1. The van der Waals surface area contributed by atoms with E-state index in [-0.39, 0.29) is 19.1 Å². The van der Waals surface area contributed by atoms with Gasteiger partial charge in [-0.25, -0.2) is 0 Å². The predicted molar refractivity (Wildman–Crippen MR) is 75.3 cm³/mol. The van der Waals surface area contributed by atoms with E-state index in [0.29, 0.717) is 6.42 Å². The van der Waals surface area contributed by atoms with Crippen LogP contribution in [0.3, 0.4) is 0 Å². The molecular weight excluding hydrogens is 242 g/mol. The fourth-order valence-corrected chi connectivity index (χ4v) is 1.78. The van der Waals surface area contributed by atoms with E-state index in [2.05, 4.69) is 5.32 Å². The number of aliphatic hydroxyl groups excluding tert-OH is 1. The summed E-state index contributed by atoms with van der Waals surface area (Å²) in [7, 11) is 0. The lowest BCUT2D eigenvalue weighted by Crippen LogP contribution is -2.50. The van der Waals surface area contributed by atoms with Crippen LogP contribution in [0.1, 0.15) is 31.4 Å². The van der Waals surface area contributed by atoms with E-state index in [1.165, 1.54) is 0 Å². The lowest BCUT2D eigenvalue weighted by molar-refractivity contribution is -0.125. The van der Waals surface area contributed by atoms with Gasteiger partial charge in [0.15, 0.2) is 6.61 Å². The minimum atomic E-state index is -0.582. The number of carbonyl (C=O) groups is 1. The van der Waals surface area contributed by atoms with Crippen LogP contribution in [0.25, 0.3) is 0 Å². The minimum absolute atomic E-state index is 0.0404. The third-order valence-corrected chi connectivity index (χ3v) is 3.33. The molecule has 106 valence electrons. The molecule has 1 atom stereocenters. The molecule has 0 bridgehead atoms. The molecule has 1 rings (SSSR count). The molecule has 4 nitrogen and oxygen atoms in total. The number of ether oxygens (including phenoxy) is 1. The molecule has 0 fully saturated rings. The number of carbonyl (C=O) groups excluding carboxylic acids is 1. The molecule has 4 heteroatoms. The van der Waals surface area contributed by atoms with Gasteiger partial charge in [0, 0.05) is 0 Å². The van der Waals surface area contributed by atoms with Gasteiger partial charge in [0.2, 0.25) is 0 Å². The molecule has 1 amide bonds. The molecule has 0 saturated carbocycles. The molecule has 1 aromatic rings. The van der Waals surface area contributed by atoms with Crippen LogP contribution >= 0.6 is 0 Å². The smallest absolute Gasteiger partial charge is 0.258 e. The van der Waals surface area contributed by atoms with Crippen LogP contribution < -0.4 is 10.1 Å². The van der Waals surface area contributed by atoms with E-state index in [1.54, 1.807) is 0 Å². The summed E-state index contributed by atoms with van der Waals surface area (Å²) in [5.41, 5.74) is 1.43. The topological polar surface area (TPSA) is 58.6 Å². The van der Waals surface area contributed by atoms with Crippen LogP contribution in [0, 0.1) is 13.8 Å².